The Morgan fingerprint density at radius 3 is 2.77 bits per heavy atom. The van der Waals surface area contributed by atoms with Gasteiger partial charge in [-0.2, -0.15) is 0 Å². The van der Waals surface area contributed by atoms with Crippen molar-refractivity contribution < 1.29 is 9.53 Å². The van der Waals surface area contributed by atoms with E-state index in [4.69, 9.17) is 4.74 Å². The van der Waals surface area contributed by atoms with Crippen molar-refractivity contribution in [2.75, 3.05) is 38.2 Å². The maximum atomic E-state index is 12.3. The fourth-order valence-corrected chi connectivity index (χ4v) is 4.06. The summed E-state index contributed by atoms with van der Waals surface area (Å²) in [4.78, 5) is 16.6. The number of nitrogens with one attached hydrogen (secondary N) is 1. The topological polar surface area (TPSA) is 46.5 Å². The summed E-state index contributed by atoms with van der Waals surface area (Å²) in [5.74, 6) is -0.0470. The molecule has 0 unspecified atom stereocenters. The maximum Gasteiger partial charge on any atom is 0.265 e. The summed E-state index contributed by atoms with van der Waals surface area (Å²) in [7, 11) is 0. The Bertz CT molecular complexity index is 909. The number of carbonyl (C=O) groups is 1. The van der Waals surface area contributed by atoms with E-state index in [1.54, 1.807) is 0 Å². The van der Waals surface area contributed by atoms with Gasteiger partial charge in [-0.25, -0.2) is 0 Å². The average molecular weight is 369 g/mol. The predicted octanol–water partition coefficient (Wildman–Crippen LogP) is 3.60. The third kappa shape index (κ3) is 3.82. The summed E-state index contributed by atoms with van der Waals surface area (Å²) in [6.07, 6.45) is 2.12. The molecule has 5 nitrogen and oxygen atoms in total. The molecule has 1 aromatic carbocycles. The number of morpholine rings is 1. The average Bonchev–Trinajstić information content (AvgIpc) is 3.27. The lowest BCUT2D eigenvalue weighted by molar-refractivity contribution is 0.0365. The van der Waals surface area contributed by atoms with Crippen LogP contribution in [-0.2, 0) is 11.3 Å². The van der Waals surface area contributed by atoms with Crippen LogP contribution in [0.15, 0.2) is 42.6 Å². The lowest BCUT2D eigenvalue weighted by Crippen LogP contribution is -2.38. The number of hydrogen-bond donors (Lipinski definition) is 1. The van der Waals surface area contributed by atoms with Crippen LogP contribution >= 0.6 is 11.3 Å². The Labute approximate surface area is 157 Å². The van der Waals surface area contributed by atoms with Crippen LogP contribution < -0.4 is 5.32 Å². The highest BCUT2D eigenvalue weighted by molar-refractivity contribution is 7.14. The molecule has 0 aliphatic carbocycles. The second-order valence-corrected chi connectivity index (χ2v) is 7.89. The number of nitrogens with zero attached hydrogens (tertiary/aromatic N) is 2. The maximum absolute atomic E-state index is 12.3. The zero-order chi connectivity index (χ0) is 17.9. The van der Waals surface area contributed by atoms with E-state index in [2.05, 4.69) is 33.1 Å². The molecule has 0 bridgehead atoms. The second kappa shape index (κ2) is 7.61. The van der Waals surface area contributed by atoms with Crippen molar-refractivity contribution in [3.05, 3.63) is 52.3 Å². The zero-order valence-corrected chi connectivity index (χ0v) is 15.7. The number of aromatic nitrogens is 1. The van der Waals surface area contributed by atoms with Gasteiger partial charge >= 0.3 is 0 Å². The van der Waals surface area contributed by atoms with Crippen LogP contribution in [-0.4, -0.2) is 48.2 Å². The van der Waals surface area contributed by atoms with Crippen LogP contribution in [0.5, 0.6) is 0 Å². The summed E-state index contributed by atoms with van der Waals surface area (Å²) in [5.41, 5.74) is 2.03. The fraction of sp³-hybridized carbons (Fsp3) is 0.350. The van der Waals surface area contributed by atoms with E-state index in [-0.39, 0.29) is 5.91 Å². The Morgan fingerprint density at radius 1 is 1.15 bits per heavy atom. The van der Waals surface area contributed by atoms with E-state index in [0.29, 0.717) is 0 Å². The number of anilines is 1. The number of hydrogen-bond acceptors (Lipinski definition) is 4. The highest BCUT2D eigenvalue weighted by Gasteiger charge is 2.12. The molecule has 1 saturated heterocycles. The molecule has 0 spiro atoms. The van der Waals surface area contributed by atoms with E-state index in [9.17, 15) is 4.79 Å². The Morgan fingerprint density at radius 2 is 2.00 bits per heavy atom. The van der Waals surface area contributed by atoms with Gasteiger partial charge in [0.1, 0.15) is 0 Å². The van der Waals surface area contributed by atoms with E-state index >= 15 is 0 Å². The van der Waals surface area contributed by atoms with E-state index in [1.165, 1.54) is 16.9 Å². The largest absolute Gasteiger partial charge is 0.379 e. The molecule has 0 saturated carbocycles. The molecule has 136 valence electrons. The van der Waals surface area contributed by atoms with Crippen molar-refractivity contribution in [1.29, 1.82) is 0 Å². The van der Waals surface area contributed by atoms with E-state index < -0.39 is 0 Å². The normalized spacial score (nSPS) is 15.4. The van der Waals surface area contributed by atoms with E-state index in [0.717, 1.165) is 60.2 Å². The Balaban J connectivity index is 1.43. The number of ether oxygens (including phenoxy) is 1. The molecule has 1 fully saturated rings. The van der Waals surface area contributed by atoms with Crippen LogP contribution in [0.2, 0.25) is 0 Å². The predicted molar refractivity (Wildman–Crippen MR) is 106 cm³/mol. The molecule has 0 radical (unpaired) electrons. The van der Waals surface area contributed by atoms with Gasteiger partial charge in [-0.3, -0.25) is 9.69 Å². The monoisotopic (exact) mass is 369 g/mol. The second-order valence-electron chi connectivity index (χ2n) is 6.60. The quantitative estimate of drug-likeness (QED) is 0.748. The number of thiophene rings is 1. The first kappa shape index (κ1) is 17.3. The summed E-state index contributed by atoms with van der Waals surface area (Å²) in [6, 6.07) is 12.1. The molecule has 1 N–H and O–H groups in total. The highest BCUT2D eigenvalue weighted by atomic mass is 32.1. The SMILES string of the molecule is Cc1ccc(C(=O)Nc2ccc3c(ccn3CCN3CCOCC3)c2)s1. The van der Waals surface area contributed by atoms with Gasteiger partial charge in [0.2, 0.25) is 0 Å². The standard InChI is InChI=1S/C20H23N3O2S/c1-15-2-5-19(26-15)20(24)21-17-3-4-18-16(14-17)6-7-23(18)9-8-22-10-12-25-13-11-22/h2-7,14H,8-13H2,1H3,(H,21,24). The van der Waals surface area contributed by atoms with Gasteiger partial charge in [0, 0.05) is 53.8 Å². The van der Waals surface area contributed by atoms with Gasteiger partial charge in [0.15, 0.2) is 0 Å². The molecule has 3 heterocycles. The molecule has 1 aliphatic rings. The molecule has 1 amide bonds. The molecule has 2 aromatic heterocycles. The first-order valence-electron chi connectivity index (χ1n) is 8.96. The first-order chi connectivity index (χ1) is 12.7. The first-order valence-corrected chi connectivity index (χ1v) is 9.77. The van der Waals surface area contributed by atoms with Gasteiger partial charge in [0.25, 0.3) is 5.91 Å². The van der Waals surface area contributed by atoms with Crippen molar-refractivity contribution in [1.82, 2.24) is 9.47 Å². The molecular formula is C20H23N3O2S. The summed E-state index contributed by atoms with van der Waals surface area (Å²) >= 11 is 1.51. The third-order valence-corrected chi connectivity index (χ3v) is 5.75. The minimum Gasteiger partial charge on any atom is -0.379 e. The summed E-state index contributed by atoms with van der Waals surface area (Å²) < 4.78 is 7.68. The number of aryl methyl sites for hydroxylation is 1. The lowest BCUT2D eigenvalue weighted by atomic mass is 10.2. The van der Waals surface area contributed by atoms with Crippen molar-refractivity contribution in [3.8, 4) is 0 Å². The van der Waals surface area contributed by atoms with Gasteiger partial charge in [-0.05, 0) is 43.3 Å². The molecule has 1 aliphatic heterocycles. The number of benzene rings is 1. The van der Waals surface area contributed by atoms with Gasteiger partial charge in [0.05, 0.1) is 18.1 Å². The van der Waals surface area contributed by atoms with Crippen molar-refractivity contribution >= 4 is 33.8 Å². The molecule has 6 heteroatoms. The van der Waals surface area contributed by atoms with Crippen molar-refractivity contribution in [2.45, 2.75) is 13.5 Å². The molecule has 26 heavy (non-hydrogen) atoms. The van der Waals surface area contributed by atoms with E-state index in [1.807, 2.05) is 31.2 Å². The number of rotatable bonds is 5. The minimum atomic E-state index is -0.0470. The van der Waals surface area contributed by atoms with Crippen LogP contribution in [0.1, 0.15) is 14.5 Å². The van der Waals surface area contributed by atoms with Crippen LogP contribution in [0.3, 0.4) is 0 Å². The summed E-state index contributed by atoms with van der Waals surface area (Å²) in [5, 5.41) is 4.14. The molecule has 3 aromatic rings. The van der Waals surface area contributed by atoms with Crippen LogP contribution in [0, 0.1) is 6.92 Å². The van der Waals surface area contributed by atoms with Gasteiger partial charge < -0.3 is 14.6 Å². The molecule has 0 atom stereocenters. The minimum absolute atomic E-state index is 0.0470. The fourth-order valence-electron chi connectivity index (χ4n) is 3.30. The Hall–Kier alpha value is -2.15. The van der Waals surface area contributed by atoms with Gasteiger partial charge in [-0.15, -0.1) is 11.3 Å². The summed E-state index contributed by atoms with van der Waals surface area (Å²) in [6.45, 7) is 7.69. The highest BCUT2D eigenvalue weighted by Crippen LogP contribution is 2.22. The Kier molecular flexibility index (Phi) is 5.06. The lowest BCUT2D eigenvalue weighted by Gasteiger charge is -2.26. The molecular weight excluding hydrogens is 346 g/mol. The zero-order valence-electron chi connectivity index (χ0n) is 14.9. The van der Waals surface area contributed by atoms with Crippen molar-refractivity contribution in [3.63, 3.8) is 0 Å². The molecule has 4 rings (SSSR count). The van der Waals surface area contributed by atoms with Crippen molar-refractivity contribution in [2.24, 2.45) is 0 Å². The van der Waals surface area contributed by atoms with Crippen LogP contribution in [0.25, 0.3) is 10.9 Å². The number of amides is 1. The van der Waals surface area contributed by atoms with Gasteiger partial charge in [-0.1, -0.05) is 0 Å². The number of fused-ring (bicyclic) bond motifs is 1. The van der Waals surface area contributed by atoms with Crippen LogP contribution in [0.4, 0.5) is 5.69 Å². The third-order valence-electron chi connectivity index (χ3n) is 4.75. The smallest absolute Gasteiger partial charge is 0.265 e. The number of carbonyl (C=O) groups excluding carboxylic acids is 1.